The maximum atomic E-state index is 12.4. The van der Waals surface area contributed by atoms with Crippen LogP contribution in [0.2, 0.25) is 5.02 Å². The third-order valence-corrected chi connectivity index (χ3v) is 3.85. The summed E-state index contributed by atoms with van der Waals surface area (Å²) in [6.45, 7) is 0. The number of esters is 2. The first kappa shape index (κ1) is 18.4. The van der Waals surface area contributed by atoms with E-state index in [0.29, 0.717) is 10.6 Å². The van der Waals surface area contributed by atoms with Gasteiger partial charge in [0.05, 0.1) is 25.7 Å². The lowest BCUT2D eigenvalue weighted by atomic mass is 9.82. The molecule has 1 aromatic carbocycles. The molecule has 0 amide bonds. The molecule has 7 nitrogen and oxygen atoms in total. The number of nitrogens with zero attached hydrogens (tertiary/aromatic N) is 1. The number of methoxy groups -OCH3 is 2. The zero-order valence-electron chi connectivity index (χ0n) is 13.5. The van der Waals surface area contributed by atoms with Gasteiger partial charge in [-0.1, -0.05) is 23.7 Å². The Morgan fingerprint density at radius 3 is 2.64 bits per heavy atom. The highest BCUT2D eigenvalue weighted by Crippen LogP contribution is 2.41. The summed E-state index contributed by atoms with van der Waals surface area (Å²) in [7, 11) is 2.39. The molecule has 0 aliphatic carbocycles. The third-order valence-electron chi connectivity index (χ3n) is 3.62. The van der Waals surface area contributed by atoms with Crippen molar-refractivity contribution in [1.82, 2.24) is 0 Å². The second-order valence-corrected chi connectivity index (χ2v) is 5.50. The maximum absolute atomic E-state index is 12.4. The van der Waals surface area contributed by atoms with Crippen molar-refractivity contribution in [3.8, 4) is 6.07 Å². The first-order valence-corrected chi connectivity index (χ1v) is 7.51. The van der Waals surface area contributed by atoms with Gasteiger partial charge >= 0.3 is 11.9 Å². The minimum absolute atomic E-state index is 0.000849. The molecule has 1 aromatic rings. The largest absolute Gasteiger partial charge is 0.469 e. The molecule has 25 heavy (non-hydrogen) atoms. The summed E-state index contributed by atoms with van der Waals surface area (Å²) in [5.41, 5.74) is 6.40. The monoisotopic (exact) mass is 362 g/mol. The Labute approximate surface area is 149 Å². The number of ether oxygens (including phenoxy) is 3. The highest BCUT2D eigenvalue weighted by molar-refractivity contribution is 6.30. The molecule has 1 atom stereocenters. The molecule has 130 valence electrons. The number of hydrogen-bond donors (Lipinski definition) is 1. The molecule has 1 aliphatic rings. The first-order valence-electron chi connectivity index (χ1n) is 7.14. The fourth-order valence-electron chi connectivity index (χ4n) is 2.51. The molecule has 8 heteroatoms. The van der Waals surface area contributed by atoms with E-state index in [0.717, 1.165) is 0 Å². The number of allylic oxidation sites excluding steroid dienone is 1. The summed E-state index contributed by atoms with van der Waals surface area (Å²) in [5.74, 6) is -2.47. The number of carbonyl (C=O) groups is 2. The molecule has 0 saturated carbocycles. The Kier molecular flexibility index (Phi) is 5.67. The van der Waals surface area contributed by atoms with Gasteiger partial charge < -0.3 is 19.9 Å². The Bertz CT molecular complexity index is 823. The van der Waals surface area contributed by atoms with Crippen molar-refractivity contribution in [2.75, 3.05) is 14.2 Å². The van der Waals surface area contributed by atoms with Gasteiger partial charge in [0.1, 0.15) is 23.8 Å². The predicted octanol–water partition coefficient (Wildman–Crippen LogP) is 2.14. The molecule has 1 unspecified atom stereocenters. The van der Waals surface area contributed by atoms with Crippen LogP contribution in [0.25, 0.3) is 0 Å². The number of halogens is 1. The van der Waals surface area contributed by atoms with Gasteiger partial charge in [-0.3, -0.25) is 4.79 Å². The van der Waals surface area contributed by atoms with Crippen molar-refractivity contribution < 1.29 is 23.8 Å². The summed E-state index contributed by atoms with van der Waals surface area (Å²) >= 11 is 6.03. The van der Waals surface area contributed by atoms with Gasteiger partial charge in [-0.15, -0.1) is 0 Å². The van der Waals surface area contributed by atoms with Crippen LogP contribution in [0.1, 0.15) is 17.9 Å². The molecule has 0 saturated heterocycles. The van der Waals surface area contributed by atoms with Gasteiger partial charge in [-0.2, -0.15) is 5.26 Å². The highest BCUT2D eigenvalue weighted by Gasteiger charge is 2.38. The van der Waals surface area contributed by atoms with E-state index in [1.54, 1.807) is 24.3 Å². The van der Waals surface area contributed by atoms with Crippen LogP contribution in [0, 0.1) is 11.3 Å². The lowest BCUT2D eigenvalue weighted by Gasteiger charge is -2.27. The average molecular weight is 363 g/mol. The Morgan fingerprint density at radius 1 is 1.36 bits per heavy atom. The zero-order valence-corrected chi connectivity index (χ0v) is 14.3. The summed E-state index contributed by atoms with van der Waals surface area (Å²) in [6, 6.07) is 8.56. The Balaban J connectivity index is 2.69. The van der Waals surface area contributed by atoms with E-state index >= 15 is 0 Å². The summed E-state index contributed by atoms with van der Waals surface area (Å²) in [4.78, 5) is 24.0. The number of nitrogens with two attached hydrogens (primary N) is 1. The second kappa shape index (κ2) is 7.73. The highest BCUT2D eigenvalue weighted by atomic mass is 35.5. The van der Waals surface area contributed by atoms with E-state index in [2.05, 4.69) is 4.74 Å². The third kappa shape index (κ3) is 3.75. The lowest BCUT2D eigenvalue weighted by molar-refractivity contribution is -0.140. The minimum atomic E-state index is -0.871. The van der Waals surface area contributed by atoms with Gasteiger partial charge in [0, 0.05) is 5.02 Å². The smallest absolute Gasteiger partial charge is 0.338 e. The van der Waals surface area contributed by atoms with E-state index in [4.69, 9.17) is 26.8 Å². The molecule has 0 aromatic heterocycles. The predicted molar refractivity (Wildman–Crippen MR) is 87.8 cm³/mol. The number of carbonyl (C=O) groups excluding carboxylic acids is 2. The van der Waals surface area contributed by atoms with Crippen LogP contribution in [0.5, 0.6) is 0 Å². The summed E-state index contributed by atoms with van der Waals surface area (Å²) in [6.07, 6.45) is -0.336. The normalized spacial score (nSPS) is 16.8. The number of benzene rings is 1. The van der Waals surface area contributed by atoms with Crippen molar-refractivity contribution >= 4 is 23.5 Å². The average Bonchev–Trinajstić information content (AvgIpc) is 2.60. The number of rotatable bonds is 4. The molecular weight excluding hydrogens is 348 g/mol. The van der Waals surface area contributed by atoms with Crippen LogP contribution in [0.15, 0.2) is 47.1 Å². The molecule has 1 heterocycles. The Morgan fingerprint density at radius 2 is 2.08 bits per heavy atom. The minimum Gasteiger partial charge on any atom is -0.469 e. The van der Waals surface area contributed by atoms with E-state index in [9.17, 15) is 14.9 Å². The summed E-state index contributed by atoms with van der Waals surface area (Å²) < 4.78 is 14.8. The maximum Gasteiger partial charge on any atom is 0.338 e. The van der Waals surface area contributed by atoms with Crippen LogP contribution in [-0.4, -0.2) is 26.2 Å². The van der Waals surface area contributed by atoms with Gasteiger partial charge in [-0.25, -0.2) is 4.79 Å². The van der Waals surface area contributed by atoms with Crippen LogP contribution < -0.4 is 5.73 Å². The van der Waals surface area contributed by atoms with E-state index in [1.165, 1.54) is 14.2 Å². The summed E-state index contributed by atoms with van der Waals surface area (Å²) in [5, 5.41) is 9.90. The number of nitriles is 1. The van der Waals surface area contributed by atoms with Crippen LogP contribution in [-0.2, 0) is 23.8 Å². The Hall–Kier alpha value is -2.98. The topological polar surface area (TPSA) is 112 Å². The van der Waals surface area contributed by atoms with Gasteiger partial charge in [-0.05, 0) is 17.7 Å². The van der Waals surface area contributed by atoms with E-state index in [1.807, 2.05) is 6.07 Å². The lowest BCUT2D eigenvalue weighted by Crippen LogP contribution is -2.26. The van der Waals surface area contributed by atoms with E-state index < -0.39 is 17.9 Å². The fraction of sp³-hybridized carbons (Fsp3) is 0.235. The molecule has 0 radical (unpaired) electrons. The SMILES string of the molecule is COC(=O)CC1=C(C(=O)OC)C(c2cccc(Cl)c2)C(C#N)=C(N)O1. The quantitative estimate of drug-likeness (QED) is 0.816. The molecule has 0 fully saturated rings. The molecule has 0 spiro atoms. The molecule has 2 rings (SSSR count). The van der Waals surface area contributed by atoms with E-state index in [-0.39, 0.29) is 29.2 Å². The zero-order chi connectivity index (χ0) is 18.6. The van der Waals surface area contributed by atoms with Crippen molar-refractivity contribution in [1.29, 1.82) is 5.26 Å². The van der Waals surface area contributed by atoms with Crippen molar-refractivity contribution in [3.05, 3.63) is 57.6 Å². The molecular formula is C17H15ClN2O5. The van der Waals surface area contributed by atoms with Crippen LogP contribution in [0.3, 0.4) is 0 Å². The van der Waals surface area contributed by atoms with Crippen molar-refractivity contribution in [2.45, 2.75) is 12.3 Å². The second-order valence-electron chi connectivity index (χ2n) is 5.06. The molecule has 0 bridgehead atoms. The van der Waals surface area contributed by atoms with Gasteiger partial charge in [0.15, 0.2) is 0 Å². The van der Waals surface area contributed by atoms with Crippen LogP contribution in [0.4, 0.5) is 0 Å². The standard InChI is InChI=1S/C17H15ClN2O5/c1-23-13(21)7-12-15(17(22)24-2)14(11(8-19)16(20)25-12)9-4-3-5-10(18)6-9/h3-6,14H,7,20H2,1-2H3. The van der Waals surface area contributed by atoms with Crippen molar-refractivity contribution in [3.63, 3.8) is 0 Å². The van der Waals surface area contributed by atoms with Gasteiger partial charge in [0.25, 0.3) is 0 Å². The molecule has 1 aliphatic heterocycles. The van der Waals surface area contributed by atoms with Crippen molar-refractivity contribution in [2.24, 2.45) is 5.73 Å². The molecule has 2 N–H and O–H groups in total. The number of hydrogen-bond acceptors (Lipinski definition) is 7. The fourth-order valence-corrected chi connectivity index (χ4v) is 2.70. The van der Waals surface area contributed by atoms with Crippen LogP contribution >= 0.6 is 11.6 Å². The first-order chi connectivity index (χ1) is 11.9. The van der Waals surface area contributed by atoms with Gasteiger partial charge in [0.2, 0.25) is 5.88 Å².